The summed E-state index contributed by atoms with van der Waals surface area (Å²) in [6.07, 6.45) is 1.67. The van der Waals surface area contributed by atoms with Gasteiger partial charge in [-0.25, -0.2) is 13.4 Å². The molecule has 0 unspecified atom stereocenters. The maximum Gasteiger partial charge on any atom is 0.170 e. The quantitative estimate of drug-likeness (QED) is 0.225. The standard InChI is InChI=1S/C22H20Br2F2N2OS2/c1-9(2)5-11-7-13(30-21(11)23)15-17(25)18(26)16(20-19(15)27-29-28-20)14-8-12(6-10(3)4)22(24)31-14/h7-10H,5-6H2,1-4H3. The van der Waals surface area contributed by atoms with E-state index in [1.165, 1.54) is 22.7 Å². The van der Waals surface area contributed by atoms with Crippen molar-refractivity contribution in [2.45, 2.75) is 40.5 Å². The Labute approximate surface area is 204 Å². The molecule has 0 spiro atoms. The molecule has 0 saturated carbocycles. The Kier molecular flexibility index (Phi) is 6.68. The molecule has 3 nitrogen and oxygen atoms in total. The smallest absolute Gasteiger partial charge is 0.170 e. The van der Waals surface area contributed by atoms with E-state index in [0.29, 0.717) is 21.6 Å². The molecule has 0 aliphatic heterocycles. The van der Waals surface area contributed by atoms with Crippen LogP contribution in [0.15, 0.2) is 24.3 Å². The molecule has 0 fully saturated rings. The molecule has 0 atom stereocenters. The van der Waals surface area contributed by atoms with Crippen LogP contribution in [0.4, 0.5) is 8.78 Å². The van der Waals surface area contributed by atoms with Gasteiger partial charge in [0, 0.05) is 9.75 Å². The largest absolute Gasteiger partial charge is 0.243 e. The summed E-state index contributed by atoms with van der Waals surface area (Å²) in [5, 5.41) is 7.90. The van der Waals surface area contributed by atoms with Crippen molar-refractivity contribution in [1.82, 2.24) is 10.3 Å². The Bertz CT molecular complexity index is 1170. The minimum Gasteiger partial charge on any atom is -0.243 e. The summed E-state index contributed by atoms with van der Waals surface area (Å²) in [7, 11) is 0. The molecule has 4 rings (SSSR count). The first-order valence-corrected chi connectivity index (χ1v) is 13.1. The van der Waals surface area contributed by atoms with Crippen LogP contribution in [0.5, 0.6) is 0 Å². The summed E-state index contributed by atoms with van der Waals surface area (Å²) in [5.41, 5.74) is 2.77. The maximum absolute atomic E-state index is 15.5. The third kappa shape index (κ3) is 4.38. The first-order valence-electron chi connectivity index (χ1n) is 9.87. The van der Waals surface area contributed by atoms with Gasteiger partial charge in [0.15, 0.2) is 11.6 Å². The van der Waals surface area contributed by atoms with Crippen molar-refractivity contribution in [2.24, 2.45) is 11.8 Å². The first kappa shape index (κ1) is 23.0. The lowest BCUT2D eigenvalue weighted by Gasteiger charge is -2.07. The maximum atomic E-state index is 15.5. The number of rotatable bonds is 6. The number of benzene rings is 1. The molecule has 3 heterocycles. The second-order valence-electron chi connectivity index (χ2n) is 8.35. The van der Waals surface area contributed by atoms with Crippen LogP contribution in [0.3, 0.4) is 0 Å². The third-order valence-electron chi connectivity index (χ3n) is 4.86. The van der Waals surface area contributed by atoms with E-state index in [9.17, 15) is 0 Å². The van der Waals surface area contributed by atoms with Gasteiger partial charge in [-0.3, -0.25) is 0 Å². The minimum absolute atomic E-state index is 0.0937. The van der Waals surface area contributed by atoms with Crippen molar-refractivity contribution >= 4 is 65.6 Å². The Morgan fingerprint density at radius 2 is 1.19 bits per heavy atom. The Morgan fingerprint density at radius 3 is 1.55 bits per heavy atom. The van der Waals surface area contributed by atoms with E-state index in [0.717, 1.165) is 31.5 Å². The van der Waals surface area contributed by atoms with Crippen molar-refractivity contribution in [3.8, 4) is 20.9 Å². The van der Waals surface area contributed by atoms with Crippen LogP contribution in [0.2, 0.25) is 0 Å². The molecular weight excluding hydrogens is 570 g/mol. The fraction of sp³-hybridized carbons (Fsp3) is 0.364. The first-order chi connectivity index (χ1) is 14.7. The zero-order chi connectivity index (χ0) is 22.4. The van der Waals surface area contributed by atoms with E-state index in [4.69, 9.17) is 4.63 Å². The third-order valence-corrected chi connectivity index (χ3v) is 8.81. The van der Waals surface area contributed by atoms with Crippen LogP contribution < -0.4 is 0 Å². The molecule has 0 aliphatic carbocycles. The van der Waals surface area contributed by atoms with Gasteiger partial charge in [0.25, 0.3) is 0 Å². The summed E-state index contributed by atoms with van der Waals surface area (Å²) < 4.78 is 37.7. The molecule has 1 aromatic carbocycles. The summed E-state index contributed by atoms with van der Waals surface area (Å²) in [4.78, 5) is 1.19. The minimum atomic E-state index is -0.932. The second-order valence-corrected chi connectivity index (χ2v) is 13.1. The van der Waals surface area contributed by atoms with E-state index in [1.54, 1.807) is 0 Å². The molecule has 0 amide bonds. The predicted octanol–water partition coefficient (Wildman–Crippen LogP) is 8.88. The molecule has 0 N–H and O–H groups in total. The summed E-state index contributed by atoms with van der Waals surface area (Å²) in [5.74, 6) is -0.988. The number of hydrogen-bond acceptors (Lipinski definition) is 5. The van der Waals surface area contributed by atoms with E-state index in [-0.39, 0.29) is 22.2 Å². The molecule has 0 bridgehead atoms. The summed E-state index contributed by atoms with van der Waals surface area (Å²) in [6, 6.07) is 3.78. The van der Waals surface area contributed by atoms with Gasteiger partial charge in [-0.05, 0) is 90.1 Å². The molecule has 3 aromatic heterocycles. The molecule has 31 heavy (non-hydrogen) atoms. The second kappa shape index (κ2) is 9.00. The van der Waals surface area contributed by atoms with E-state index in [1.807, 2.05) is 12.1 Å². The normalized spacial score (nSPS) is 12.1. The SMILES string of the molecule is CC(C)Cc1cc(-c2c(F)c(F)c(-c3cc(CC(C)C)c(Br)s3)c3nonc23)sc1Br. The molecule has 0 radical (unpaired) electrons. The van der Waals surface area contributed by atoms with Crippen LogP contribution in [0.25, 0.3) is 31.9 Å². The Balaban J connectivity index is 1.90. The van der Waals surface area contributed by atoms with Gasteiger partial charge in [0.05, 0.1) is 18.7 Å². The lowest BCUT2D eigenvalue weighted by molar-refractivity contribution is 0.315. The number of nitrogens with zero attached hydrogens (tertiary/aromatic N) is 2. The fourth-order valence-electron chi connectivity index (χ4n) is 3.61. The molecule has 0 aliphatic rings. The van der Waals surface area contributed by atoms with Gasteiger partial charge in [0.1, 0.15) is 11.0 Å². The van der Waals surface area contributed by atoms with Gasteiger partial charge in [-0.2, -0.15) is 0 Å². The van der Waals surface area contributed by atoms with E-state index < -0.39 is 11.6 Å². The van der Waals surface area contributed by atoms with Gasteiger partial charge >= 0.3 is 0 Å². The Morgan fingerprint density at radius 1 is 0.806 bits per heavy atom. The van der Waals surface area contributed by atoms with Crippen LogP contribution in [0, 0.1) is 23.5 Å². The van der Waals surface area contributed by atoms with Crippen LogP contribution in [-0.2, 0) is 12.8 Å². The van der Waals surface area contributed by atoms with Crippen molar-refractivity contribution in [1.29, 1.82) is 0 Å². The van der Waals surface area contributed by atoms with Crippen molar-refractivity contribution in [3.63, 3.8) is 0 Å². The van der Waals surface area contributed by atoms with Crippen molar-refractivity contribution < 1.29 is 13.4 Å². The zero-order valence-corrected chi connectivity index (χ0v) is 22.2. The average molecular weight is 590 g/mol. The fourth-order valence-corrected chi connectivity index (χ4v) is 7.12. The zero-order valence-electron chi connectivity index (χ0n) is 17.4. The highest BCUT2D eigenvalue weighted by Crippen LogP contribution is 2.46. The summed E-state index contributed by atoms with van der Waals surface area (Å²) in [6.45, 7) is 8.47. The van der Waals surface area contributed by atoms with Crippen LogP contribution >= 0.6 is 54.5 Å². The number of thiophene rings is 2. The molecule has 4 aromatic rings. The molecular formula is C22H20Br2F2N2OS2. The van der Waals surface area contributed by atoms with Crippen LogP contribution in [-0.4, -0.2) is 10.3 Å². The highest BCUT2D eigenvalue weighted by Gasteiger charge is 2.28. The number of halogens is 4. The van der Waals surface area contributed by atoms with Gasteiger partial charge in [-0.1, -0.05) is 27.7 Å². The average Bonchev–Trinajstić information content (AvgIpc) is 3.36. The van der Waals surface area contributed by atoms with Gasteiger partial charge < -0.3 is 0 Å². The molecule has 164 valence electrons. The van der Waals surface area contributed by atoms with Gasteiger partial charge in [-0.15, -0.1) is 22.7 Å². The highest BCUT2D eigenvalue weighted by molar-refractivity contribution is 9.11. The number of fused-ring (bicyclic) bond motifs is 1. The predicted molar refractivity (Wildman–Crippen MR) is 131 cm³/mol. The number of hydrogen-bond donors (Lipinski definition) is 0. The highest BCUT2D eigenvalue weighted by atomic mass is 79.9. The van der Waals surface area contributed by atoms with Gasteiger partial charge in [0.2, 0.25) is 0 Å². The van der Waals surface area contributed by atoms with Crippen LogP contribution in [0.1, 0.15) is 38.8 Å². The molecule has 9 heteroatoms. The van der Waals surface area contributed by atoms with E-state index in [2.05, 4.69) is 69.9 Å². The summed E-state index contributed by atoms with van der Waals surface area (Å²) >= 11 is 9.85. The number of aromatic nitrogens is 2. The van der Waals surface area contributed by atoms with Crippen molar-refractivity contribution in [3.05, 3.63) is 42.5 Å². The molecule has 0 saturated heterocycles. The van der Waals surface area contributed by atoms with E-state index >= 15 is 8.78 Å². The monoisotopic (exact) mass is 588 g/mol. The Hall–Kier alpha value is -1.16. The van der Waals surface area contributed by atoms with Crippen molar-refractivity contribution in [2.75, 3.05) is 0 Å². The topological polar surface area (TPSA) is 38.9 Å². The lowest BCUT2D eigenvalue weighted by Crippen LogP contribution is -1.96. The lowest BCUT2D eigenvalue weighted by atomic mass is 10.0.